The monoisotopic (exact) mass is 201 g/mol. The van der Waals surface area contributed by atoms with Crippen LogP contribution in [-0.2, 0) is 4.57 Å². The van der Waals surface area contributed by atoms with Crippen LogP contribution >= 0.6 is 8.03 Å². The minimum atomic E-state index is -1.97. The maximum Gasteiger partial charge on any atom is 0.509 e. The Bertz CT molecular complexity index is 262. The molecule has 1 N–H and O–H groups in total. The third-order valence-electron chi connectivity index (χ3n) is 5.01. The lowest BCUT2D eigenvalue weighted by Crippen LogP contribution is -2.33. The highest BCUT2D eigenvalue weighted by molar-refractivity contribution is 7.39. The van der Waals surface area contributed by atoms with Crippen LogP contribution in [0.4, 0.5) is 0 Å². The lowest BCUT2D eigenvalue weighted by Gasteiger charge is -2.33. The van der Waals surface area contributed by atoms with Crippen LogP contribution in [0.5, 0.6) is 0 Å². The van der Waals surface area contributed by atoms with Gasteiger partial charge < -0.3 is 0 Å². The van der Waals surface area contributed by atoms with Gasteiger partial charge in [-0.3, -0.25) is 0 Å². The molecule has 3 heteroatoms. The summed E-state index contributed by atoms with van der Waals surface area (Å²) < 4.78 is 11.2. The molecule has 0 amide bonds. The van der Waals surface area contributed by atoms with Crippen molar-refractivity contribution in [2.45, 2.75) is 45.7 Å². The molecule has 0 spiro atoms. The van der Waals surface area contributed by atoms with Crippen LogP contribution < -0.4 is 0 Å². The summed E-state index contributed by atoms with van der Waals surface area (Å²) in [6.07, 6.45) is 3.36. The zero-order valence-corrected chi connectivity index (χ0v) is 9.47. The Morgan fingerprint density at radius 3 is 2.23 bits per heavy atom. The molecule has 0 radical (unpaired) electrons. The number of hydrogen-bond acceptors (Lipinski definition) is 1. The highest BCUT2D eigenvalue weighted by Crippen LogP contribution is 2.69. The summed E-state index contributed by atoms with van der Waals surface area (Å²) >= 11 is 0. The lowest BCUT2D eigenvalue weighted by molar-refractivity contribution is 0.152. The largest absolute Gasteiger partial charge is 0.509 e. The Hall–Kier alpha value is 0.0600. The molecule has 0 saturated heterocycles. The van der Waals surface area contributed by atoms with Gasteiger partial charge in [0.2, 0.25) is 0 Å². The molecule has 4 atom stereocenters. The van der Waals surface area contributed by atoms with Crippen molar-refractivity contribution in [3.8, 4) is 0 Å². The number of fused-ring (bicyclic) bond motifs is 2. The second-order valence-corrected chi connectivity index (χ2v) is 6.66. The van der Waals surface area contributed by atoms with Gasteiger partial charge in [0.25, 0.3) is 0 Å². The van der Waals surface area contributed by atoms with Crippen molar-refractivity contribution in [2.24, 2.45) is 16.7 Å². The van der Waals surface area contributed by atoms with Crippen molar-refractivity contribution < 1.29 is 9.46 Å². The predicted octanol–water partition coefficient (Wildman–Crippen LogP) is 2.94. The van der Waals surface area contributed by atoms with E-state index in [1.165, 1.54) is 6.42 Å². The maximum atomic E-state index is 11.2. The van der Waals surface area contributed by atoms with Gasteiger partial charge in [-0.2, -0.15) is 4.89 Å². The lowest BCUT2D eigenvalue weighted by atomic mass is 9.71. The molecule has 2 nitrogen and oxygen atoms in total. The zero-order valence-electron chi connectivity index (χ0n) is 8.58. The molecule has 0 aromatic heterocycles. The van der Waals surface area contributed by atoms with Crippen LogP contribution in [0.15, 0.2) is 0 Å². The minimum absolute atomic E-state index is 0.0521. The highest BCUT2D eigenvalue weighted by atomic mass is 31.1. The van der Waals surface area contributed by atoms with Crippen LogP contribution in [0.25, 0.3) is 0 Å². The first kappa shape index (κ1) is 9.61. The summed E-state index contributed by atoms with van der Waals surface area (Å²) in [7, 11) is -1.97. The molecule has 2 fully saturated rings. The van der Waals surface area contributed by atoms with Crippen LogP contribution in [0.2, 0.25) is 0 Å². The molecular weight excluding hydrogens is 183 g/mol. The Balaban J connectivity index is 2.38. The Kier molecular flexibility index (Phi) is 1.88. The van der Waals surface area contributed by atoms with E-state index in [1.54, 1.807) is 0 Å². The quantitative estimate of drug-likeness (QED) is 0.662. The summed E-state index contributed by atoms with van der Waals surface area (Å²) in [5.41, 5.74) is 0.432. The van der Waals surface area contributed by atoms with Gasteiger partial charge in [0.05, 0.1) is 0 Å². The first-order valence-corrected chi connectivity index (χ1v) is 6.33. The third kappa shape index (κ3) is 0.993. The van der Waals surface area contributed by atoms with E-state index in [0.29, 0.717) is 5.92 Å². The second kappa shape index (κ2) is 2.55. The normalized spacial score (nSPS) is 48.2. The van der Waals surface area contributed by atoms with Crippen molar-refractivity contribution in [3.05, 3.63) is 0 Å². The van der Waals surface area contributed by atoms with Crippen molar-refractivity contribution >= 4 is 8.03 Å². The molecule has 0 heterocycles. The molecule has 0 aromatic rings. The molecule has 13 heavy (non-hydrogen) atoms. The van der Waals surface area contributed by atoms with Gasteiger partial charge >= 0.3 is 8.03 Å². The second-order valence-electron chi connectivity index (χ2n) is 5.43. The molecule has 0 aliphatic heterocycles. The number of hydrogen-bond donors (Lipinski definition) is 1. The predicted molar refractivity (Wildman–Crippen MR) is 52.8 cm³/mol. The van der Waals surface area contributed by atoms with Gasteiger partial charge in [0, 0.05) is 11.8 Å². The molecular formula is C10H18O2P+. The van der Waals surface area contributed by atoms with Gasteiger partial charge in [-0.25, -0.2) is 0 Å². The summed E-state index contributed by atoms with van der Waals surface area (Å²) in [6, 6.07) is 0. The molecule has 1 unspecified atom stereocenters. The summed E-state index contributed by atoms with van der Waals surface area (Å²) in [4.78, 5) is 9.28. The van der Waals surface area contributed by atoms with Gasteiger partial charge in [-0.1, -0.05) is 20.8 Å². The molecule has 74 valence electrons. The Labute approximate surface area is 80.6 Å². The smallest absolute Gasteiger partial charge is 0.161 e. The first-order chi connectivity index (χ1) is 5.89. The third-order valence-corrected chi connectivity index (χ3v) is 6.33. The first-order valence-electron chi connectivity index (χ1n) is 5.05. The SMILES string of the molecule is CC1(C)[C@H]2CC[C@]1(C)[C@H]([P+](=O)O)C2. The van der Waals surface area contributed by atoms with E-state index in [0.717, 1.165) is 12.8 Å². The molecule has 2 bridgehead atoms. The fourth-order valence-electron chi connectivity index (χ4n) is 3.50. The van der Waals surface area contributed by atoms with E-state index in [-0.39, 0.29) is 16.5 Å². The van der Waals surface area contributed by atoms with Crippen molar-refractivity contribution in [1.82, 2.24) is 0 Å². The minimum Gasteiger partial charge on any atom is -0.161 e. The standard InChI is InChI=1S/C10H17O2P/c1-9(2)7-4-5-10(9,3)8(6-7)13(11)12/h7-8H,4-6H2,1-3H3/p+1/t7-,8+,10+/m0/s1. The summed E-state index contributed by atoms with van der Waals surface area (Å²) in [5.74, 6) is 0.675. The summed E-state index contributed by atoms with van der Waals surface area (Å²) in [5, 5.41) is 0. The average molecular weight is 201 g/mol. The van der Waals surface area contributed by atoms with Crippen molar-refractivity contribution in [2.75, 3.05) is 0 Å². The van der Waals surface area contributed by atoms with Gasteiger partial charge in [0.15, 0.2) is 5.66 Å². The summed E-state index contributed by atoms with van der Waals surface area (Å²) in [6.45, 7) is 6.74. The molecule has 2 aliphatic carbocycles. The van der Waals surface area contributed by atoms with E-state index in [1.807, 2.05) is 0 Å². The van der Waals surface area contributed by atoms with E-state index < -0.39 is 8.03 Å². The van der Waals surface area contributed by atoms with Crippen LogP contribution in [0.1, 0.15) is 40.0 Å². The van der Waals surface area contributed by atoms with Gasteiger partial charge in [0.1, 0.15) is 0 Å². The fourth-order valence-corrected chi connectivity index (χ4v) is 4.88. The average Bonchev–Trinajstić information content (AvgIpc) is 2.34. The maximum absolute atomic E-state index is 11.2. The van der Waals surface area contributed by atoms with E-state index in [9.17, 15) is 9.46 Å². The van der Waals surface area contributed by atoms with E-state index in [4.69, 9.17) is 0 Å². The van der Waals surface area contributed by atoms with Gasteiger partial charge in [-0.15, -0.1) is 0 Å². The zero-order chi connectivity index (χ0) is 9.85. The van der Waals surface area contributed by atoms with Crippen molar-refractivity contribution in [1.29, 1.82) is 0 Å². The molecule has 2 saturated carbocycles. The fraction of sp³-hybridized carbons (Fsp3) is 1.00. The topological polar surface area (TPSA) is 37.3 Å². The Morgan fingerprint density at radius 1 is 1.38 bits per heavy atom. The molecule has 2 aliphatic rings. The van der Waals surface area contributed by atoms with Crippen molar-refractivity contribution in [3.63, 3.8) is 0 Å². The van der Waals surface area contributed by atoms with Crippen LogP contribution in [0, 0.1) is 16.7 Å². The molecule has 2 rings (SSSR count). The highest BCUT2D eigenvalue weighted by Gasteiger charge is 2.67. The van der Waals surface area contributed by atoms with Crippen LogP contribution in [-0.4, -0.2) is 10.6 Å². The van der Waals surface area contributed by atoms with Gasteiger partial charge in [-0.05, 0) is 28.7 Å². The van der Waals surface area contributed by atoms with E-state index >= 15 is 0 Å². The van der Waals surface area contributed by atoms with Crippen LogP contribution in [0.3, 0.4) is 0 Å². The molecule has 0 aromatic carbocycles. The Morgan fingerprint density at radius 2 is 2.00 bits per heavy atom. The van der Waals surface area contributed by atoms with E-state index in [2.05, 4.69) is 20.8 Å². The number of rotatable bonds is 1.